The van der Waals surface area contributed by atoms with E-state index < -0.39 is 0 Å². The quantitative estimate of drug-likeness (QED) is 0.809. The van der Waals surface area contributed by atoms with Crippen LogP contribution in [0.1, 0.15) is 25.5 Å². The summed E-state index contributed by atoms with van der Waals surface area (Å²) in [6.45, 7) is 3.90. The molecule has 21 heavy (non-hydrogen) atoms. The highest BCUT2D eigenvalue weighted by molar-refractivity contribution is 8.00. The second-order valence-corrected chi connectivity index (χ2v) is 6.71. The smallest absolute Gasteiger partial charge is 0.233 e. The largest absolute Gasteiger partial charge is 0.349 e. The summed E-state index contributed by atoms with van der Waals surface area (Å²) in [6.07, 6.45) is 0. The lowest BCUT2D eigenvalue weighted by molar-refractivity contribution is -0.120. The molecule has 0 radical (unpaired) electrons. The average Bonchev–Trinajstić information content (AvgIpc) is 2.50. The van der Waals surface area contributed by atoms with Gasteiger partial charge in [0.2, 0.25) is 5.91 Å². The first kappa shape index (κ1) is 15.9. The molecule has 110 valence electrons. The van der Waals surface area contributed by atoms with E-state index in [2.05, 4.69) is 5.32 Å². The van der Waals surface area contributed by atoms with Crippen molar-refractivity contribution in [1.29, 1.82) is 0 Å². The Morgan fingerprint density at radius 1 is 1.05 bits per heavy atom. The number of benzene rings is 2. The van der Waals surface area contributed by atoms with Crippen molar-refractivity contribution in [2.24, 2.45) is 0 Å². The minimum absolute atomic E-state index is 0.00645. The number of halogens is 1. The van der Waals surface area contributed by atoms with E-state index in [0.29, 0.717) is 5.02 Å². The van der Waals surface area contributed by atoms with E-state index in [1.54, 1.807) is 0 Å². The van der Waals surface area contributed by atoms with Crippen LogP contribution in [-0.2, 0) is 4.79 Å². The van der Waals surface area contributed by atoms with Gasteiger partial charge in [0.15, 0.2) is 0 Å². The number of rotatable bonds is 5. The molecule has 2 unspecified atom stereocenters. The Labute approximate surface area is 134 Å². The average molecular weight is 320 g/mol. The highest BCUT2D eigenvalue weighted by Gasteiger charge is 2.17. The molecular formula is C17H18ClNOS. The minimum atomic E-state index is -0.155. The van der Waals surface area contributed by atoms with Crippen LogP contribution in [0.15, 0.2) is 59.5 Å². The van der Waals surface area contributed by atoms with Crippen molar-refractivity contribution in [3.05, 3.63) is 65.2 Å². The predicted octanol–water partition coefficient (Wildman–Crippen LogP) is 4.70. The molecule has 0 aliphatic rings. The molecule has 0 bridgehead atoms. The minimum Gasteiger partial charge on any atom is -0.349 e. The number of thioether (sulfide) groups is 1. The van der Waals surface area contributed by atoms with Crippen LogP contribution in [0, 0.1) is 0 Å². The standard InChI is InChI=1S/C17H18ClNOS/c1-12(14-6-4-3-5-7-14)19-17(20)13(2)21-16-10-8-15(18)9-11-16/h3-13H,1-2H3,(H,19,20). The highest BCUT2D eigenvalue weighted by Crippen LogP contribution is 2.25. The molecular weight excluding hydrogens is 302 g/mol. The first-order valence-electron chi connectivity index (χ1n) is 6.84. The number of carbonyl (C=O) groups excluding carboxylic acids is 1. The molecule has 2 atom stereocenters. The molecule has 0 aliphatic carbocycles. The summed E-state index contributed by atoms with van der Waals surface area (Å²) in [5.41, 5.74) is 1.11. The van der Waals surface area contributed by atoms with Gasteiger partial charge in [-0.15, -0.1) is 11.8 Å². The normalized spacial score (nSPS) is 13.5. The fourth-order valence-electron chi connectivity index (χ4n) is 1.93. The summed E-state index contributed by atoms with van der Waals surface area (Å²) >= 11 is 7.39. The molecule has 0 fully saturated rings. The van der Waals surface area contributed by atoms with E-state index in [1.165, 1.54) is 11.8 Å². The maximum atomic E-state index is 12.2. The molecule has 0 heterocycles. The summed E-state index contributed by atoms with van der Waals surface area (Å²) in [4.78, 5) is 13.3. The zero-order valence-corrected chi connectivity index (χ0v) is 13.6. The van der Waals surface area contributed by atoms with E-state index in [4.69, 9.17) is 11.6 Å². The van der Waals surface area contributed by atoms with Gasteiger partial charge in [0.1, 0.15) is 0 Å². The van der Waals surface area contributed by atoms with E-state index in [9.17, 15) is 4.79 Å². The third-order valence-corrected chi connectivity index (χ3v) is 4.52. The first-order chi connectivity index (χ1) is 10.1. The van der Waals surface area contributed by atoms with E-state index in [1.807, 2.05) is 68.4 Å². The van der Waals surface area contributed by atoms with Gasteiger partial charge in [-0.25, -0.2) is 0 Å². The molecule has 2 rings (SSSR count). The van der Waals surface area contributed by atoms with Crippen LogP contribution in [0.25, 0.3) is 0 Å². The van der Waals surface area contributed by atoms with Crippen LogP contribution >= 0.6 is 23.4 Å². The molecule has 0 spiro atoms. The number of nitrogens with one attached hydrogen (secondary N) is 1. The monoisotopic (exact) mass is 319 g/mol. The zero-order valence-electron chi connectivity index (χ0n) is 12.0. The van der Waals surface area contributed by atoms with Crippen LogP contribution in [-0.4, -0.2) is 11.2 Å². The second kappa shape index (κ2) is 7.53. The van der Waals surface area contributed by atoms with Gasteiger partial charge in [0, 0.05) is 9.92 Å². The van der Waals surface area contributed by atoms with Gasteiger partial charge in [-0.2, -0.15) is 0 Å². The summed E-state index contributed by atoms with van der Waals surface area (Å²) in [7, 11) is 0. The van der Waals surface area contributed by atoms with Gasteiger partial charge in [-0.3, -0.25) is 4.79 Å². The molecule has 0 aromatic heterocycles. The van der Waals surface area contributed by atoms with Gasteiger partial charge < -0.3 is 5.32 Å². The van der Waals surface area contributed by atoms with Crippen LogP contribution in [0.4, 0.5) is 0 Å². The topological polar surface area (TPSA) is 29.1 Å². The van der Waals surface area contributed by atoms with Gasteiger partial charge >= 0.3 is 0 Å². The van der Waals surface area contributed by atoms with E-state index in [-0.39, 0.29) is 17.2 Å². The predicted molar refractivity (Wildman–Crippen MR) is 89.8 cm³/mol. The molecule has 0 aliphatic heterocycles. The molecule has 1 N–H and O–H groups in total. The third kappa shape index (κ3) is 4.80. The van der Waals surface area contributed by atoms with Crippen molar-refractivity contribution in [3.63, 3.8) is 0 Å². The summed E-state index contributed by atoms with van der Waals surface area (Å²) in [6, 6.07) is 17.5. The van der Waals surface area contributed by atoms with E-state index in [0.717, 1.165) is 10.5 Å². The van der Waals surface area contributed by atoms with Crippen molar-refractivity contribution in [2.45, 2.75) is 30.0 Å². The van der Waals surface area contributed by atoms with Gasteiger partial charge in [-0.05, 0) is 43.7 Å². The Bertz CT molecular complexity index is 585. The number of carbonyl (C=O) groups is 1. The van der Waals surface area contributed by atoms with Crippen molar-refractivity contribution in [2.75, 3.05) is 0 Å². The summed E-state index contributed by atoms with van der Waals surface area (Å²) < 4.78 is 0. The Morgan fingerprint density at radius 2 is 1.67 bits per heavy atom. The number of amides is 1. The van der Waals surface area contributed by atoms with Gasteiger partial charge in [-0.1, -0.05) is 41.9 Å². The molecule has 4 heteroatoms. The van der Waals surface area contributed by atoms with Crippen molar-refractivity contribution >= 4 is 29.3 Å². The zero-order chi connectivity index (χ0) is 15.2. The van der Waals surface area contributed by atoms with Crippen LogP contribution in [0.5, 0.6) is 0 Å². The maximum absolute atomic E-state index is 12.2. The van der Waals surface area contributed by atoms with Crippen molar-refractivity contribution < 1.29 is 4.79 Å². The molecule has 2 aromatic rings. The molecule has 1 amide bonds. The van der Waals surface area contributed by atoms with Gasteiger partial charge in [0.05, 0.1) is 11.3 Å². The lowest BCUT2D eigenvalue weighted by atomic mass is 10.1. The SMILES string of the molecule is CC(Sc1ccc(Cl)cc1)C(=O)NC(C)c1ccccc1. The Hall–Kier alpha value is -1.45. The van der Waals surface area contributed by atoms with Crippen LogP contribution in [0.3, 0.4) is 0 Å². The molecule has 2 nitrogen and oxygen atoms in total. The summed E-state index contributed by atoms with van der Waals surface area (Å²) in [5, 5.41) is 3.59. The molecule has 2 aromatic carbocycles. The van der Waals surface area contributed by atoms with Crippen molar-refractivity contribution in [1.82, 2.24) is 5.32 Å². The van der Waals surface area contributed by atoms with Crippen molar-refractivity contribution in [3.8, 4) is 0 Å². The molecule has 0 saturated carbocycles. The third-order valence-electron chi connectivity index (χ3n) is 3.15. The molecule has 0 saturated heterocycles. The number of hydrogen-bond donors (Lipinski definition) is 1. The first-order valence-corrected chi connectivity index (χ1v) is 8.09. The number of hydrogen-bond acceptors (Lipinski definition) is 2. The van der Waals surface area contributed by atoms with Crippen LogP contribution < -0.4 is 5.32 Å². The fourth-order valence-corrected chi connectivity index (χ4v) is 2.93. The fraction of sp³-hybridized carbons (Fsp3) is 0.235. The maximum Gasteiger partial charge on any atom is 0.233 e. The van der Waals surface area contributed by atoms with E-state index >= 15 is 0 Å². The summed E-state index contributed by atoms with van der Waals surface area (Å²) in [5.74, 6) is 0.0336. The second-order valence-electron chi connectivity index (χ2n) is 4.85. The van der Waals surface area contributed by atoms with Gasteiger partial charge in [0.25, 0.3) is 0 Å². The lowest BCUT2D eigenvalue weighted by Crippen LogP contribution is -2.33. The highest BCUT2D eigenvalue weighted by atomic mass is 35.5. The Morgan fingerprint density at radius 3 is 2.29 bits per heavy atom. The lowest BCUT2D eigenvalue weighted by Gasteiger charge is -2.17. The Balaban J connectivity index is 1.92. The van der Waals surface area contributed by atoms with Crippen LogP contribution in [0.2, 0.25) is 5.02 Å². The Kier molecular flexibility index (Phi) is 5.71.